The van der Waals surface area contributed by atoms with Gasteiger partial charge in [0.05, 0.1) is 24.0 Å². The number of benzene rings is 6. The molecule has 0 saturated carbocycles. The van der Waals surface area contributed by atoms with Gasteiger partial charge in [-0.1, -0.05) is 145 Å². The molecule has 0 fully saturated rings. The maximum absolute atomic E-state index is 5.95. The van der Waals surface area contributed by atoms with Gasteiger partial charge in [0, 0.05) is 10.8 Å². The van der Waals surface area contributed by atoms with Gasteiger partial charge in [0.25, 0.3) is 0 Å². The van der Waals surface area contributed by atoms with E-state index in [1.54, 1.807) is 0 Å². The molecule has 10 aromatic rings. The van der Waals surface area contributed by atoms with Crippen LogP contribution in [0.15, 0.2) is 167 Å². The van der Waals surface area contributed by atoms with E-state index in [0.717, 1.165) is 46.3 Å². The van der Waals surface area contributed by atoms with Gasteiger partial charge in [0.2, 0.25) is 0 Å². The van der Waals surface area contributed by atoms with E-state index >= 15 is 0 Å². The van der Waals surface area contributed by atoms with Gasteiger partial charge >= 0.3 is 53.5 Å². The Kier molecular flexibility index (Phi) is 13.0. The fourth-order valence-electron chi connectivity index (χ4n) is 8.34. The van der Waals surface area contributed by atoms with E-state index in [2.05, 4.69) is 174 Å². The Morgan fingerprint density at radius 1 is 0.517 bits per heavy atom. The third-order valence-electron chi connectivity index (χ3n) is 11.5. The molecule has 0 spiro atoms. The first-order valence-corrected chi connectivity index (χ1v) is 33.2. The first-order valence-electron chi connectivity index (χ1n) is 20.6. The van der Waals surface area contributed by atoms with E-state index in [1.807, 2.05) is 24.7 Å². The zero-order valence-electron chi connectivity index (χ0n) is 35.0. The zero-order chi connectivity index (χ0) is 41.9. The molecule has 0 unspecified atom stereocenters. The zero-order valence-corrected chi connectivity index (χ0v) is 40.0. The molecule has 300 valence electrons. The van der Waals surface area contributed by atoms with Crippen molar-refractivity contribution in [2.24, 2.45) is 0 Å². The van der Waals surface area contributed by atoms with Gasteiger partial charge in [-0.25, -0.2) is 0 Å². The van der Waals surface area contributed by atoms with Crippen LogP contribution in [0.1, 0.15) is 36.1 Å². The fraction of sp³-hybridized carbons (Fsp3) is 0.148. The van der Waals surface area contributed by atoms with E-state index in [0.29, 0.717) is 0 Å². The molecule has 0 bridgehead atoms. The predicted molar refractivity (Wildman–Crippen MR) is 258 cm³/mol. The van der Waals surface area contributed by atoms with Crippen LogP contribution >= 0.6 is 17.0 Å². The Bertz CT molecular complexity index is 2940. The number of furan rings is 2. The number of hydrogen-bond donors (Lipinski definition) is 0. The van der Waals surface area contributed by atoms with E-state index in [1.165, 1.54) is 76.8 Å². The van der Waals surface area contributed by atoms with Crippen LogP contribution in [0, 0.1) is 13.8 Å². The number of fused-ring (bicyclic) bond motifs is 4. The second kappa shape index (κ2) is 18.5. The number of hydrogen-bond acceptors (Lipinski definition) is 2. The monoisotopic (exact) mass is 916 g/mol. The number of aryl methyl sites for hydroxylation is 4. The average molecular weight is 919 g/mol. The van der Waals surface area contributed by atoms with Crippen molar-refractivity contribution in [3.8, 4) is 44.9 Å². The second-order valence-corrected chi connectivity index (χ2v) is 38.6. The minimum atomic E-state index is -1.65. The molecule has 0 atom stereocenters. The van der Waals surface area contributed by atoms with Gasteiger partial charge in [0.15, 0.2) is 0 Å². The summed E-state index contributed by atoms with van der Waals surface area (Å²) < 4.78 is 11.9. The van der Waals surface area contributed by atoms with Gasteiger partial charge in [-0.2, -0.15) is 0 Å². The van der Waals surface area contributed by atoms with Crippen LogP contribution in [0.4, 0.5) is 0 Å². The summed E-state index contributed by atoms with van der Waals surface area (Å²) in [4.78, 5) is 0. The Balaban J connectivity index is 0.000000147. The molecule has 8 aromatic carbocycles. The summed E-state index contributed by atoms with van der Waals surface area (Å²) in [5, 5.41) is 9.74. The summed E-state index contributed by atoms with van der Waals surface area (Å²) in [5.74, 6) is 1.91. The third-order valence-corrected chi connectivity index (χ3v) is 31.2. The average Bonchev–Trinajstić information content (AvgIpc) is 4.09. The Morgan fingerprint density at radius 3 is 1.30 bits per heavy atom. The van der Waals surface area contributed by atoms with Crippen molar-refractivity contribution >= 4 is 65.5 Å². The van der Waals surface area contributed by atoms with Gasteiger partial charge in [-0.05, 0) is 70.8 Å². The predicted octanol–water partition coefficient (Wildman–Crippen LogP) is 17.2. The van der Waals surface area contributed by atoms with Crippen LogP contribution in [0.3, 0.4) is 0 Å². The summed E-state index contributed by atoms with van der Waals surface area (Å²) in [5.41, 5.74) is 12.8. The fourth-order valence-corrected chi connectivity index (χ4v) is 8.34. The molecule has 0 N–H and O–H groups in total. The first kappa shape index (κ1) is 42.0. The Morgan fingerprint density at radius 2 is 0.900 bits per heavy atom. The van der Waals surface area contributed by atoms with Crippen LogP contribution in [0.25, 0.3) is 88.0 Å². The quantitative estimate of drug-likeness (QED) is 0.123. The molecule has 2 heterocycles. The van der Waals surface area contributed by atoms with Crippen molar-refractivity contribution < 1.29 is 26.8 Å². The van der Waals surface area contributed by atoms with Crippen LogP contribution in [-0.2, 0) is 30.8 Å². The van der Waals surface area contributed by atoms with Gasteiger partial charge in [0.1, 0.15) is 0 Å². The first-order chi connectivity index (χ1) is 29.2. The Hall–Kier alpha value is -4.70. The van der Waals surface area contributed by atoms with E-state index in [-0.39, 0.29) is 5.43 Å². The summed E-state index contributed by atoms with van der Waals surface area (Å²) in [6.07, 6.45) is 5.76. The molecular weight excluding hydrogens is 871 g/mol. The summed E-state index contributed by atoms with van der Waals surface area (Å²) in [6.45, 7) is 13.2. The summed E-state index contributed by atoms with van der Waals surface area (Å²) in [6, 6.07) is 52.1. The van der Waals surface area contributed by atoms with E-state index in [4.69, 9.17) is 25.9 Å². The number of rotatable bonds is 6. The Labute approximate surface area is 368 Å². The molecule has 2 nitrogen and oxygen atoms in total. The van der Waals surface area contributed by atoms with Crippen molar-refractivity contribution in [1.29, 1.82) is 0 Å². The molecule has 60 heavy (non-hydrogen) atoms. The normalized spacial score (nSPS) is 11.1. The van der Waals surface area contributed by atoms with E-state index in [9.17, 15) is 0 Å². The van der Waals surface area contributed by atoms with Gasteiger partial charge in [-0.15, -0.1) is 57.9 Å². The molecule has 0 aliphatic carbocycles. The maximum atomic E-state index is 5.95. The molecule has 0 radical (unpaired) electrons. The summed E-state index contributed by atoms with van der Waals surface area (Å²) in [7, 11) is 11.2. The molecule has 10 rings (SSSR count). The minimum absolute atomic E-state index is 0.224. The molecule has 0 saturated heterocycles. The van der Waals surface area contributed by atoms with Crippen LogP contribution < -0.4 is 0 Å². The second-order valence-electron chi connectivity index (χ2n) is 15.6. The molecule has 0 aliphatic heterocycles. The van der Waals surface area contributed by atoms with Crippen LogP contribution in [0.2, 0.25) is 13.1 Å². The molecule has 6 heteroatoms. The summed E-state index contributed by atoms with van der Waals surface area (Å²) >= 11 is -1.65. The SMILES string of the molecule is CCc1ccccc1-c1c(C)ccc2[cH-]c(-c3occ4ccccc34)cc12.CCc1ccccc1-c1c(C)ccc2[cH-]c(-c3occ4ccccc34)cc12.C[Si](C)=[Zr]([Cl])[Cl]. The van der Waals surface area contributed by atoms with Crippen LogP contribution in [-0.4, -0.2) is 5.43 Å². The van der Waals surface area contributed by atoms with Crippen molar-refractivity contribution in [3.63, 3.8) is 0 Å². The van der Waals surface area contributed by atoms with Crippen molar-refractivity contribution in [1.82, 2.24) is 0 Å². The number of halogens is 2. The van der Waals surface area contributed by atoms with Gasteiger partial charge in [-0.3, -0.25) is 0 Å². The van der Waals surface area contributed by atoms with Crippen molar-refractivity contribution in [3.05, 3.63) is 180 Å². The van der Waals surface area contributed by atoms with Crippen LogP contribution in [0.5, 0.6) is 0 Å². The molecule has 0 aliphatic rings. The molecule has 0 amide bonds. The van der Waals surface area contributed by atoms with Gasteiger partial charge < -0.3 is 8.83 Å². The van der Waals surface area contributed by atoms with Crippen molar-refractivity contribution in [2.45, 2.75) is 53.6 Å². The molecule has 2 aromatic heterocycles. The van der Waals surface area contributed by atoms with Crippen molar-refractivity contribution in [2.75, 3.05) is 0 Å². The topological polar surface area (TPSA) is 26.3 Å². The standard InChI is InChI=1S/2C26H21O.C2H6Si.2ClH.Zr/c2*1-3-18-8-4-6-10-22(18)25-17(2)12-13-19-14-21(15-24(19)25)26-23-11-7-5-9-20(23)16-27-26;1-3-2;;;/h2*4-16H,3H2,1-2H3;1-2H3;2*1H;/q2*-1;;;;+2/p-2. The van der Waals surface area contributed by atoms with E-state index < -0.39 is 18.0 Å². The molecular formula is C54H48Cl2O2SiZr-2. The third kappa shape index (κ3) is 8.46.